The van der Waals surface area contributed by atoms with Crippen LogP contribution in [-0.2, 0) is 4.74 Å². The van der Waals surface area contributed by atoms with E-state index in [0.717, 1.165) is 0 Å². The average Bonchev–Trinajstić information content (AvgIpc) is 2.24. The number of nitrogen functional groups attached to an aromatic ring is 1. The Bertz CT molecular complexity index is 347. The predicted molar refractivity (Wildman–Crippen MR) is 68.1 cm³/mol. The lowest BCUT2D eigenvalue weighted by molar-refractivity contribution is -0.0585. The zero-order chi connectivity index (χ0) is 12.9. The van der Waals surface area contributed by atoms with Gasteiger partial charge >= 0.3 is 0 Å². The van der Waals surface area contributed by atoms with Gasteiger partial charge in [0, 0.05) is 0 Å². The minimum atomic E-state index is -0.658. The lowest BCUT2D eigenvalue weighted by Gasteiger charge is -2.22. The summed E-state index contributed by atoms with van der Waals surface area (Å²) in [6.45, 7) is 6.24. The molecule has 17 heavy (non-hydrogen) atoms. The lowest BCUT2D eigenvalue weighted by atomic mass is 10.2. The van der Waals surface area contributed by atoms with Crippen molar-refractivity contribution in [3.8, 4) is 5.75 Å². The van der Waals surface area contributed by atoms with Crippen LogP contribution in [0.1, 0.15) is 20.8 Å². The van der Waals surface area contributed by atoms with Crippen LogP contribution in [0.5, 0.6) is 5.75 Å². The van der Waals surface area contributed by atoms with Crippen molar-refractivity contribution in [1.82, 2.24) is 0 Å². The number of rotatable bonds is 5. The van der Waals surface area contributed by atoms with Crippen LogP contribution >= 0.6 is 0 Å². The van der Waals surface area contributed by atoms with Crippen LogP contribution in [0.2, 0.25) is 0 Å². The molecule has 96 valence electrons. The highest BCUT2D eigenvalue weighted by atomic mass is 16.5. The maximum Gasteiger partial charge on any atom is 0.142 e. The topological polar surface area (TPSA) is 64.7 Å². The van der Waals surface area contributed by atoms with Gasteiger partial charge in [0.25, 0.3) is 0 Å². The molecule has 0 aliphatic rings. The molecule has 3 N–H and O–H groups in total. The second kappa shape index (κ2) is 5.89. The molecule has 4 heteroatoms. The molecule has 0 saturated carbocycles. The largest absolute Gasteiger partial charge is 0.489 e. The van der Waals surface area contributed by atoms with E-state index in [0.29, 0.717) is 11.4 Å². The van der Waals surface area contributed by atoms with E-state index < -0.39 is 6.10 Å². The Balaban J connectivity index is 2.34. The Morgan fingerprint density at radius 2 is 1.88 bits per heavy atom. The van der Waals surface area contributed by atoms with E-state index in [4.69, 9.17) is 15.2 Å². The second-order valence-corrected chi connectivity index (χ2v) is 4.93. The molecule has 0 fully saturated rings. The number of hydrogen-bond donors (Lipinski definition) is 2. The number of benzene rings is 1. The first-order chi connectivity index (χ1) is 7.88. The first-order valence-electron chi connectivity index (χ1n) is 5.68. The molecule has 0 aromatic heterocycles. The highest BCUT2D eigenvalue weighted by molar-refractivity contribution is 5.51. The van der Waals surface area contributed by atoms with Gasteiger partial charge in [0.15, 0.2) is 0 Å². The van der Waals surface area contributed by atoms with Gasteiger partial charge in [-0.15, -0.1) is 0 Å². The van der Waals surface area contributed by atoms with Crippen molar-refractivity contribution in [2.24, 2.45) is 0 Å². The summed E-state index contributed by atoms with van der Waals surface area (Å²) in [5.74, 6) is 0.585. The monoisotopic (exact) mass is 239 g/mol. The van der Waals surface area contributed by atoms with Gasteiger partial charge in [-0.25, -0.2) is 0 Å². The van der Waals surface area contributed by atoms with Crippen LogP contribution < -0.4 is 10.5 Å². The van der Waals surface area contributed by atoms with Crippen molar-refractivity contribution in [3.63, 3.8) is 0 Å². The quantitative estimate of drug-likeness (QED) is 0.769. The fraction of sp³-hybridized carbons (Fsp3) is 0.538. The maximum atomic E-state index is 9.67. The van der Waals surface area contributed by atoms with Gasteiger partial charge in [-0.3, -0.25) is 0 Å². The molecule has 0 saturated heterocycles. The number of nitrogens with two attached hydrogens (primary N) is 1. The summed E-state index contributed by atoms with van der Waals surface area (Å²) in [5, 5.41) is 9.67. The van der Waals surface area contributed by atoms with Crippen LogP contribution in [0.15, 0.2) is 24.3 Å². The normalized spacial score (nSPS) is 13.4. The summed E-state index contributed by atoms with van der Waals surface area (Å²) in [6.07, 6.45) is -0.658. The highest BCUT2D eigenvalue weighted by Gasteiger charge is 2.14. The number of aliphatic hydroxyl groups excluding tert-OH is 1. The predicted octanol–water partition coefficient (Wildman–Crippen LogP) is 1.82. The van der Waals surface area contributed by atoms with Crippen molar-refractivity contribution >= 4 is 5.69 Å². The highest BCUT2D eigenvalue weighted by Crippen LogP contribution is 2.19. The SMILES string of the molecule is CC(C)(C)OCC(O)COc1ccccc1N. The molecule has 1 aromatic carbocycles. The van der Waals surface area contributed by atoms with E-state index in [1.807, 2.05) is 32.9 Å². The fourth-order valence-corrected chi connectivity index (χ4v) is 1.19. The number of para-hydroxylation sites is 2. The Labute approximate surface area is 102 Å². The number of hydrogen-bond acceptors (Lipinski definition) is 4. The molecule has 1 aromatic rings. The van der Waals surface area contributed by atoms with Crippen molar-refractivity contribution in [1.29, 1.82) is 0 Å². The van der Waals surface area contributed by atoms with Crippen LogP contribution in [0.4, 0.5) is 5.69 Å². The summed E-state index contributed by atoms with van der Waals surface area (Å²) in [6, 6.07) is 7.20. The van der Waals surface area contributed by atoms with Crippen LogP contribution in [0, 0.1) is 0 Å². The van der Waals surface area contributed by atoms with Crippen molar-refractivity contribution in [2.45, 2.75) is 32.5 Å². The van der Waals surface area contributed by atoms with Crippen LogP contribution in [0.3, 0.4) is 0 Å². The molecule has 1 unspecified atom stereocenters. The molecular weight excluding hydrogens is 218 g/mol. The fourth-order valence-electron chi connectivity index (χ4n) is 1.19. The zero-order valence-corrected chi connectivity index (χ0v) is 10.6. The Morgan fingerprint density at radius 3 is 2.47 bits per heavy atom. The van der Waals surface area contributed by atoms with Crippen LogP contribution in [-0.4, -0.2) is 30.0 Å². The third-order valence-electron chi connectivity index (χ3n) is 2.06. The van der Waals surface area contributed by atoms with Gasteiger partial charge in [-0.2, -0.15) is 0 Å². The molecule has 0 amide bonds. The average molecular weight is 239 g/mol. The third kappa shape index (κ3) is 5.56. The van der Waals surface area contributed by atoms with Crippen LogP contribution in [0.25, 0.3) is 0 Å². The maximum absolute atomic E-state index is 9.67. The molecule has 0 heterocycles. The molecule has 0 radical (unpaired) electrons. The summed E-state index contributed by atoms with van der Waals surface area (Å²) in [7, 11) is 0. The Hall–Kier alpha value is -1.26. The van der Waals surface area contributed by atoms with E-state index >= 15 is 0 Å². The molecule has 1 rings (SSSR count). The molecule has 0 aliphatic heterocycles. The number of ether oxygens (including phenoxy) is 2. The molecule has 4 nitrogen and oxygen atoms in total. The van der Waals surface area contributed by atoms with E-state index in [2.05, 4.69) is 0 Å². The van der Waals surface area contributed by atoms with Gasteiger partial charge in [-0.05, 0) is 32.9 Å². The molecule has 0 aliphatic carbocycles. The van der Waals surface area contributed by atoms with Crippen molar-refractivity contribution in [2.75, 3.05) is 18.9 Å². The smallest absolute Gasteiger partial charge is 0.142 e. The Morgan fingerprint density at radius 1 is 1.24 bits per heavy atom. The molecule has 1 atom stereocenters. The minimum Gasteiger partial charge on any atom is -0.489 e. The second-order valence-electron chi connectivity index (χ2n) is 4.93. The first-order valence-corrected chi connectivity index (χ1v) is 5.68. The summed E-state index contributed by atoms with van der Waals surface area (Å²) in [4.78, 5) is 0. The van der Waals surface area contributed by atoms with Gasteiger partial charge in [0.2, 0.25) is 0 Å². The number of aliphatic hydroxyl groups is 1. The van der Waals surface area contributed by atoms with E-state index in [1.165, 1.54) is 0 Å². The molecule has 0 spiro atoms. The summed E-state index contributed by atoms with van der Waals surface area (Å²) in [5.41, 5.74) is 6.02. The zero-order valence-electron chi connectivity index (χ0n) is 10.6. The van der Waals surface area contributed by atoms with Crippen molar-refractivity contribution in [3.05, 3.63) is 24.3 Å². The van der Waals surface area contributed by atoms with Gasteiger partial charge < -0.3 is 20.3 Å². The van der Waals surface area contributed by atoms with E-state index in [-0.39, 0.29) is 18.8 Å². The van der Waals surface area contributed by atoms with Gasteiger partial charge in [0.05, 0.1) is 17.9 Å². The van der Waals surface area contributed by atoms with Crippen molar-refractivity contribution < 1.29 is 14.6 Å². The number of anilines is 1. The van der Waals surface area contributed by atoms with E-state index in [1.54, 1.807) is 12.1 Å². The summed E-state index contributed by atoms with van der Waals surface area (Å²) < 4.78 is 10.9. The standard InChI is InChI=1S/C13H21NO3/c1-13(2,3)17-9-10(15)8-16-12-7-5-4-6-11(12)14/h4-7,10,15H,8-9,14H2,1-3H3. The first kappa shape index (κ1) is 13.8. The van der Waals surface area contributed by atoms with E-state index in [9.17, 15) is 5.11 Å². The van der Waals surface area contributed by atoms with Gasteiger partial charge in [0.1, 0.15) is 18.5 Å². The molecule has 0 bridgehead atoms. The third-order valence-corrected chi connectivity index (χ3v) is 2.06. The lowest BCUT2D eigenvalue weighted by Crippen LogP contribution is -2.29. The summed E-state index contributed by atoms with van der Waals surface area (Å²) >= 11 is 0. The van der Waals surface area contributed by atoms with Gasteiger partial charge in [-0.1, -0.05) is 12.1 Å². The Kier molecular flexibility index (Phi) is 4.78. The minimum absolute atomic E-state index is 0.171. The molecular formula is C13H21NO3.